The van der Waals surface area contributed by atoms with Crippen molar-refractivity contribution in [3.8, 4) is 11.4 Å². The number of carboxylic acids is 1. The summed E-state index contributed by atoms with van der Waals surface area (Å²) in [6, 6.07) is 5.59. The Morgan fingerprint density at radius 3 is 2.55 bits per heavy atom. The molecule has 0 bridgehead atoms. The minimum atomic E-state index is -3.45. The third-order valence-corrected chi connectivity index (χ3v) is 4.37. The van der Waals surface area contributed by atoms with Crippen LogP contribution in [0.3, 0.4) is 0 Å². The molecule has 0 aromatic carbocycles. The van der Waals surface area contributed by atoms with Gasteiger partial charge in [-0.2, -0.15) is 0 Å². The first kappa shape index (κ1) is 14.1. The zero-order valence-corrected chi connectivity index (χ0v) is 11.3. The fraction of sp³-hybridized carbons (Fsp3) is 0.167. The van der Waals surface area contributed by atoms with Crippen LogP contribution < -0.4 is 0 Å². The van der Waals surface area contributed by atoms with E-state index in [4.69, 9.17) is 5.11 Å². The van der Waals surface area contributed by atoms with Crippen LogP contribution in [0.5, 0.6) is 0 Å². The van der Waals surface area contributed by atoms with Gasteiger partial charge in [-0.3, -0.25) is 4.98 Å². The van der Waals surface area contributed by atoms with Crippen LogP contribution in [0, 0.1) is 0 Å². The standard InChI is InChI=1S/C12H11N3O4S/c1-2-20(18,19)10-4-3-7-13-11(10)8-5-6-9(12(16)17)15-14-8/h3-7H,2H2,1H3,(H,16,17). The van der Waals surface area contributed by atoms with Crippen molar-refractivity contribution in [1.29, 1.82) is 0 Å². The number of sulfone groups is 1. The van der Waals surface area contributed by atoms with E-state index in [0.717, 1.165) is 0 Å². The number of carboxylic acid groups (broad SMARTS) is 1. The lowest BCUT2D eigenvalue weighted by molar-refractivity contribution is 0.0689. The molecular weight excluding hydrogens is 282 g/mol. The maximum absolute atomic E-state index is 12.0. The number of nitrogens with zero attached hydrogens (tertiary/aromatic N) is 3. The fourth-order valence-corrected chi connectivity index (χ4v) is 2.61. The minimum absolute atomic E-state index is 0.0554. The van der Waals surface area contributed by atoms with Gasteiger partial charge in [-0.25, -0.2) is 13.2 Å². The zero-order valence-electron chi connectivity index (χ0n) is 10.5. The summed E-state index contributed by atoms with van der Waals surface area (Å²) in [4.78, 5) is 14.8. The molecule has 2 aromatic heterocycles. The van der Waals surface area contributed by atoms with Crippen molar-refractivity contribution >= 4 is 15.8 Å². The van der Waals surface area contributed by atoms with Crippen molar-refractivity contribution in [3.05, 3.63) is 36.2 Å². The largest absolute Gasteiger partial charge is 0.476 e. The Kier molecular flexibility index (Phi) is 3.75. The Morgan fingerprint density at radius 1 is 1.25 bits per heavy atom. The van der Waals surface area contributed by atoms with Gasteiger partial charge in [0.15, 0.2) is 15.5 Å². The quantitative estimate of drug-likeness (QED) is 0.896. The van der Waals surface area contributed by atoms with Crippen molar-refractivity contribution in [3.63, 3.8) is 0 Å². The number of aromatic nitrogens is 3. The first-order valence-corrected chi connectivity index (χ1v) is 7.36. The normalized spacial score (nSPS) is 11.2. The number of hydrogen-bond donors (Lipinski definition) is 1. The lowest BCUT2D eigenvalue weighted by Crippen LogP contribution is -2.08. The van der Waals surface area contributed by atoms with Gasteiger partial charge in [0.1, 0.15) is 11.4 Å². The maximum Gasteiger partial charge on any atom is 0.356 e. The molecule has 0 aliphatic rings. The second kappa shape index (κ2) is 5.33. The zero-order chi connectivity index (χ0) is 14.8. The van der Waals surface area contributed by atoms with Crippen molar-refractivity contribution < 1.29 is 18.3 Å². The molecule has 0 aliphatic carbocycles. The number of rotatable bonds is 4. The Balaban J connectivity index is 2.56. The number of carbonyl (C=O) groups is 1. The van der Waals surface area contributed by atoms with Gasteiger partial charge in [-0.1, -0.05) is 6.92 Å². The van der Waals surface area contributed by atoms with Crippen LogP contribution in [-0.2, 0) is 9.84 Å². The number of pyridine rings is 1. The second-order valence-electron chi connectivity index (χ2n) is 3.86. The monoisotopic (exact) mass is 293 g/mol. The van der Waals surface area contributed by atoms with Gasteiger partial charge < -0.3 is 5.11 Å². The van der Waals surface area contributed by atoms with Gasteiger partial charge in [0.2, 0.25) is 0 Å². The van der Waals surface area contributed by atoms with E-state index >= 15 is 0 Å². The molecule has 7 nitrogen and oxygen atoms in total. The van der Waals surface area contributed by atoms with E-state index < -0.39 is 15.8 Å². The van der Waals surface area contributed by atoms with Crippen molar-refractivity contribution in [1.82, 2.24) is 15.2 Å². The molecule has 0 amide bonds. The molecule has 104 valence electrons. The summed E-state index contributed by atoms with van der Waals surface area (Å²) < 4.78 is 24.0. The van der Waals surface area contributed by atoms with E-state index in [0.29, 0.717) is 0 Å². The van der Waals surface area contributed by atoms with Crippen LogP contribution in [0.2, 0.25) is 0 Å². The summed E-state index contributed by atoms with van der Waals surface area (Å²) in [6.45, 7) is 1.53. The summed E-state index contributed by atoms with van der Waals surface area (Å²) in [6.07, 6.45) is 1.44. The summed E-state index contributed by atoms with van der Waals surface area (Å²) in [5.41, 5.74) is 0.158. The fourth-order valence-electron chi connectivity index (χ4n) is 1.56. The molecule has 20 heavy (non-hydrogen) atoms. The van der Waals surface area contributed by atoms with Gasteiger partial charge in [0.05, 0.1) is 10.6 Å². The van der Waals surface area contributed by atoms with Gasteiger partial charge >= 0.3 is 5.97 Å². The van der Waals surface area contributed by atoms with E-state index in [9.17, 15) is 13.2 Å². The summed E-state index contributed by atoms with van der Waals surface area (Å²) in [7, 11) is -3.45. The lowest BCUT2D eigenvalue weighted by atomic mass is 10.2. The smallest absolute Gasteiger partial charge is 0.356 e. The summed E-state index contributed by atoms with van der Waals surface area (Å²) in [5.74, 6) is -1.27. The molecule has 8 heteroatoms. The van der Waals surface area contributed by atoms with Crippen LogP contribution in [-0.4, -0.2) is 40.4 Å². The first-order chi connectivity index (χ1) is 9.45. The van der Waals surface area contributed by atoms with Crippen LogP contribution in [0.4, 0.5) is 0 Å². The molecule has 0 atom stereocenters. The molecule has 0 saturated carbocycles. The van der Waals surface area contributed by atoms with E-state index in [1.54, 1.807) is 0 Å². The van der Waals surface area contributed by atoms with Crippen LogP contribution in [0.25, 0.3) is 11.4 Å². The highest BCUT2D eigenvalue weighted by atomic mass is 32.2. The molecular formula is C12H11N3O4S. The lowest BCUT2D eigenvalue weighted by Gasteiger charge is -2.07. The van der Waals surface area contributed by atoms with Gasteiger partial charge in [-0.05, 0) is 24.3 Å². The molecule has 2 heterocycles. The predicted octanol–water partition coefficient (Wildman–Crippen LogP) is 1.03. The van der Waals surface area contributed by atoms with Crippen LogP contribution >= 0.6 is 0 Å². The minimum Gasteiger partial charge on any atom is -0.476 e. The molecule has 0 unspecified atom stereocenters. The van der Waals surface area contributed by atoms with E-state index in [1.807, 2.05) is 0 Å². The molecule has 0 saturated heterocycles. The molecule has 0 aliphatic heterocycles. The van der Waals surface area contributed by atoms with Gasteiger partial charge in [-0.15, -0.1) is 10.2 Å². The molecule has 2 aromatic rings. The molecule has 2 rings (SSSR count). The molecule has 1 N–H and O–H groups in total. The SMILES string of the molecule is CCS(=O)(=O)c1cccnc1-c1ccc(C(=O)O)nn1. The van der Waals surface area contributed by atoms with Crippen molar-refractivity contribution in [2.75, 3.05) is 5.75 Å². The Labute approximate surface area is 115 Å². The third-order valence-electron chi connectivity index (χ3n) is 2.61. The van der Waals surface area contributed by atoms with Crippen molar-refractivity contribution in [2.24, 2.45) is 0 Å². The second-order valence-corrected chi connectivity index (χ2v) is 6.11. The average molecular weight is 293 g/mol. The van der Waals surface area contributed by atoms with E-state index in [2.05, 4.69) is 15.2 Å². The van der Waals surface area contributed by atoms with Gasteiger partial charge in [0, 0.05) is 6.20 Å². The van der Waals surface area contributed by atoms with Crippen LogP contribution in [0.15, 0.2) is 35.4 Å². The van der Waals surface area contributed by atoms with Crippen molar-refractivity contribution in [2.45, 2.75) is 11.8 Å². The molecule has 0 fully saturated rings. The van der Waals surface area contributed by atoms with Gasteiger partial charge in [0.25, 0.3) is 0 Å². The predicted molar refractivity (Wildman–Crippen MR) is 69.9 cm³/mol. The summed E-state index contributed by atoms with van der Waals surface area (Å²) in [5, 5.41) is 16.0. The third kappa shape index (κ3) is 2.64. The van der Waals surface area contributed by atoms with E-state index in [1.165, 1.54) is 37.4 Å². The highest BCUT2D eigenvalue weighted by Crippen LogP contribution is 2.23. The number of aromatic carboxylic acids is 1. The first-order valence-electron chi connectivity index (χ1n) is 5.71. The summed E-state index contributed by atoms with van der Waals surface area (Å²) >= 11 is 0. The highest BCUT2D eigenvalue weighted by molar-refractivity contribution is 7.91. The average Bonchev–Trinajstić information content (AvgIpc) is 2.47. The Morgan fingerprint density at radius 2 is 2.00 bits per heavy atom. The maximum atomic E-state index is 12.0. The Bertz CT molecular complexity index is 742. The molecule has 0 spiro atoms. The number of hydrogen-bond acceptors (Lipinski definition) is 6. The van der Waals surface area contributed by atoms with Crippen LogP contribution in [0.1, 0.15) is 17.4 Å². The Hall–Kier alpha value is -2.35. The highest BCUT2D eigenvalue weighted by Gasteiger charge is 2.19. The molecule has 0 radical (unpaired) electrons. The van der Waals surface area contributed by atoms with E-state index in [-0.39, 0.29) is 27.7 Å². The topological polar surface area (TPSA) is 110 Å².